The van der Waals surface area contributed by atoms with E-state index in [0.717, 1.165) is 30.8 Å². The third-order valence-corrected chi connectivity index (χ3v) is 7.78. The SMILES string of the molecule is N#CC1(NC(=O)COC(=O)c2ccc(C3SCCS3)cc2)CCCCC1. The molecule has 2 aliphatic rings. The second kappa shape index (κ2) is 8.83. The number of carbonyl (C=O) groups excluding carboxylic acids is 2. The molecule has 1 aliphatic heterocycles. The summed E-state index contributed by atoms with van der Waals surface area (Å²) in [6.07, 6.45) is 4.25. The number of esters is 1. The predicted molar refractivity (Wildman–Crippen MR) is 104 cm³/mol. The fraction of sp³-hybridized carbons (Fsp3) is 0.526. The summed E-state index contributed by atoms with van der Waals surface area (Å²) < 4.78 is 5.55. The number of hydrogen-bond acceptors (Lipinski definition) is 6. The quantitative estimate of drug-likeness (QED) is 0.773. The summed E-state index contributed by atoms with van der Waals surface area (Å²) in [5, 5.41) is 12.1. The molecular formula is C19H22N2O3S2. The van der Waals surface area contributed by atoms with Crippen LogP contribution in [-0.2, 0) is 9.53 Å². The lowest BCUT2D eigenvalue weighted by atomic mass is 9.83. The Labute approximate surface area is 162 Å². The first-order chi connectivity index (χ1) is 12.6. The van der Waals surface area contributed by atoms with Crippen LogP contribution in [0.4, 0.5) is 0 Å². The fourth-order valence-corrected chi connectivity index (χ4v) is 6.12. The third kappa shape index (κ3) is 4.74. The Morgan fingerprint density at radius 2 is 1.81 bits per heavy atom. The van der Waals surface area contributed by atoms with Gasteiger partial charge in [0.2, 0.25) is 0 Å². The van der Waals surface area contributed by atoms with Crippen molar-refractivity contribution in [2.45, 2.75) is 42.2 Å². The minimum atomic E-state index is -0.806. The first-order valence-electron chi connectivity index (χ1n) is 8.84. The molecule has 1 aromatic rings. The predicted octanol–water partition coefficient (Wildman–Crippen LogP) is 3.66. The van der Waals surface area contributed by atoms with Gasteiger partial charge in [-0.25, -0.2) is 4.79 Å². The fourth-order valence-electron chi connectivity index (χ4n) is 3.26. The maximum absolute atomic E-state index is 12.1. The van der Waals surface area contributed by atoms with Crippen LogP contribution in [0.2, 0.25) is 0 Å². The molecule has 5 nitrogen and oxygen atoms in total. The molecule has 1 saturated heterocycles. The van der Waals surface area contributed by atoms with E-state index in [1.54, 1.807) is 12.1 Å². The van der Waals surface area contributed by atoms with Gasteiger partial charge in [-0.15, -0.1) is 23.5 Å². The Morgan fingerprint density at radius 1 is 1.15 bits per heavy atom. The van der Waals surface area contributed by atoms with Crippen LogP contribution in [0, 0.1) is 11.3 Å². The lowest BCUT2D eigenvalue weighted by molar-refractivity contribution is -0.125. The molecule has 0 radical (unpaired) electrons. The number of rotatable bonds is 5. The van der Waals surface area contributed by atoms with Crippen LogP contribution in [0.15, 0.2) is 24.3 Å². The van der Waals surface area contributed by atoms with Gasteiger partial charge in [-0.2, -0.15) is 5.26 Å². The van der Waals surface area contributed by atoms with E-state index in [4.69, 9.17) is 4.74 Å². The van der Waals surface area contributed by atoms with Crippen LogP contribution >= 0.6 is 23.5 Å². The normalized spacial score (nSPS) is 19.5. The zero-order valence-electron chi connectivity index (χ0n) is 14.5. The molecule has 1 saturated carbocycles. The highest BCUT2D eigenvalue weighted by molar-refractivity contribution is 8.19. The van der Waals surface area contributed by atoms with E-state index in [-0.39, 0.29) is 6.61 Å². The van der Waals surface area contributed by atoms with Gasteiger partial charge in [-0.05, 0) is 30.5 Å². The van der Waals surface area contributed by atoms with Gasteiger partial charge in [0.05, 0.1) is 16.2 Å². The van der Waals surface area contributed by atoms with Crippen molar-refractivity contribution in [1.29, 1.82) is 5.26 Å². The van der Waals surface area contributed by atoms with Crippen molar-refractivity contribution in [3.05, 3.63) is 35.4 Å². The molecule has 1 heterocycles. The number of nitrogens with zero attached hydrogens (tertiary/aromatic N) is 1. The van der Waals surface area contributed by atoms with Gasteiger partial charge in [0.15, 0.2) is 6.61 Å². The van der Waals surface area contributed by atoms with Crippen LogP contribution in [0.3, 0.4) is 0 Å². The molecule has 0 unspecified atom stereocenters. The number of carbonyl (C=O) groups is 2. The van der Waals surface area contributed by atoms with E-state index in [1.165, 1.54) is 5.56 Å². The van der Waals surface area contributed by atoms with Crippen LogP contribution in [0.1, 0.15) is 52.6 Å². The molecule has 26 heavy (non-hydrogen) atoms. The Hall–Kier alpha value is -1.65. The highest BCUT2D eigenvalue weighted by atomic mass is 32.2. The summed E-state index contributed by atoms with van der Waals surface area (Å²) in [5.74, 6) is 1.36. The first-order valence-corrected chi connectivity index (χ1v) is 10.9. The molecule has 1 aliphatic carbocycles. The highest BCUT2D eigenvalue weighted by Gasteiger charge is 2.33. The second-order valence-corrected chi connectivity index (χ2v) is 9.30. The van der Waals surface area contributed by atoms with Gasteiger partial charge in [0.25, 0.3) is 5.91 Å². The van der Waals surface area contributed by atoms with Crippen molar-refractivity contribution in [2.75, 3.05) is 18.1 Å². The smallest absolute Gasteiger partial charge is 0.338 e. The summed E-state index contributed by atoms with van der Waals surface area (Å²) in [5.41, 5.74) is 0.822. The minimum absolute atomic E-state index is 0.363. The largest absolute Gasteiger partial charge is 0.452 e. The first kappa shape index (κ1) is 19.1. The number of amides is 1. The lowest BCUT2D eigenvalue weighted by Crippen LogP contribution is -2.50. The number of thioether (sulfide) groups is 2. The van der Waals surface area contributed by atoms with E-state index in [2.05, 4.69) is 11.4 Å². The summed E-state index contributed by atoms with van der Waals surface area (Å²) in [6, 6.07) is 9.60. The Morgan fingerprint density at radius 3 is 2.42 bits per heavy atom. The third-order valence-electron chi connectivity index (χ3n) is 4.67. The summed E-state index contributed by atoms with van der Waals surface area (Å²) in [6.45, 7) is -0.363. The van der Waals surface area contributed by atoms with Crippen molar-refractivity contribution >= 4 is 35.4 Å². The zero-order valence-corrected chi connectivity index (χ0v) is 16.2. The molecule has 1 N–H and O–H groups in total. The van der Waals surface area contributed by atoms with Gasteiger partial charge in [-0.1, -0.05) is 31.4 Å². The maximum Gasteiger partial charge on any atom is 0.338 e. The molecule has 0 spiro atoms. The Bertz CT molecular complexity index is 688. The Kier molecular flexibility index (Phi) is 6.49. The van der Waals surface area contributed by atoms with Gasteiger partial charge in [-0.3, -0.25) is 4.79 Å². The van der Waals surface area contributed by atoms with Gasteiger partial charge in [0, 0.05) is 11.5 Å². The summed E-state index contributed by atoms with van der Waals surface area (Å²) >= 11 is 3.82. The summed E-state index contributed by atoms with van der Waals surface area (Å²) in [4.78, 5) is 24.2. The lowest BCUT2D eigenvalue weighted by Gasteiger charge is -2.31. The van der Waals surface area contributed by atoms with Crippen molar-refractivity contribution in [2.24, 2.45) is 0 Å². The standard InChI is InChI=1S/C19H22N2O3S2/c20-13-19(8-2-1-3-9-19)21-16(22)12-24-17(23)14-4-6-15(7-5-14)18-25-10-11-26-18/h4-7,18H,1-3,8-12H2,(H,21,22). The minimum Gasteiger partial charge on any atom is -0.452 e. The van der Waals surface area contributed by atoms with Crippen LogP contribution < -0.4 is 5.32 Å². The topological polar surface area (TPSA) is 79.2 Å². The van der Waals surface area contributed by atoms with Gasteiger partial charge >= 0.3 is 5.97 Å². The second-order valence-electron chi connectivity index (χ2n) is 6.57. The molecule has 1 amide bonds. The van der Waals surface area contributed by atoms with Gasteiger partial charge < -0.3 is 10.1 Å². The molecule has 7 heteroatoms. The zero-order chi connectivity index (χ0) is 18.4. The molecule has 2 fully saturated rings. The van der Waals surface area contributed by atoms with E-state index in [0.29, 0.717) is 23.0 Å². The van der Waals surface area contributed by atoms with E-state index < -0.39 is 17.4 Å². The van der Waals surface area contributed by atoms with Crippen molar-refractivity contribution in [1.82, 2.24) is 5.32 Å². The molecule has 0 bridgehead atoms. The molecule has 0 aromatic heterocycles. The van der Waals surface area contributed by atoms with Crippen molar-refractivity contribution in [3.63, 3.8) is 0 Å². The molecule has 138 valence electrons. The van der Waals surface area contributed by atoms with Crippen LogP contribution in [0.25, 0.3) is 0 Å². The van der Waals surface area contributed by atoms with Gasteiger partial charge in [0.1, 0.15) is 5.54 Å². The summed E-state index contributed by atoms with van der Waals surface area (Å²) in [7, 11) is 0. The monoisotopic (exact) mass is 390 g/mol. The molecule has 3 rings (SSSR count). The average molecular weight is 391 g/mol. The Balaban J connectivity index is 1.50. The average Bonchev–Trinajstić information content (AvgIpc) is 3.22. The number of nitriles is 1. The number of benzene rings is 1. The number of hydrogen-bond donors (Lipinski definition) is 1. The maximum atomic E-state index is 12.1. The molecular weight excluding hydrogens is 368 g/mol. The van der Waals surface area contributed by atoms with Crippen LogP contribution in [0.5, 0.6) is 0 Å². The molecule has 0 atom stereocenters. The van der Waals surface area contributed by atoms with E-state index in [1.807, 2.05) is 35.7 Å². The van der Waals surface area contributed by atoms with E-state index in [9.17, 15) is 14.9 Å². The molecule has 1 aromatic carbocycles. The number of nitrogens with one attached hydrogen (secondary N) is 1. The highest BCUT2D eigenvalue weighted by Crippen LogP contribution is 2.45. The van der Waals surface area contributed by atoms with Crippen molar-refractivity contribution < 1.29 is 14.3 Å². The van der Waals surface area contributed by atoms with Crippen LogP contribution in [-0.4, -0.2) is 35.5 Å². The van der Waals surface area contributed by atoms with E-state index >= 15 is 0 Å². The van der Waals surface area contributed by atoms with Crippen molar-refractivity contribution in [3.8, 4) is 6.07 Å². The number of ether oxygens (including phenoxy) is 1.